The van der Waals surface area contributed by atoms with Crippen LogP contribution in [0.5, 0.6) is 11.5 Å². The van der Waals surface area contributed by atoms with Crippen molar-refractivity contribution in [2.45, 2.75) is 75.8 Å². The van der Waals surface area contributed by atoms with Gasteiger partial charge in [-0.3, -0.25) is 4.79 Å². The highest BCUT2D eigenvalue weighted by Crippen LogP contribution is 2.60. The zero-order valence-corrected chi connectivity index (χ0v) is 28.2. The summed E-state index contributed by atoms with van der Waals surface area (Å²) in [6.07, 6.45) is 4.82. The molecule has 0 N–H and O–H groups in total. The number of fused-ring (bicyclic) bond motifs is 4. The molecule has 3 heterocycles. The van der Waals surface area contributed by atoms with Crippen LogP contribution in [0.1, 0.15) is 68.2 Å². The first kappa shape index (κ1) is 30.9. The van der Waals surface area contributed by atoms with Crippen LogP contribution in [0.4, 0.5) is 17.1 Å². The number of hydrogen-bond donors (Lipinski definition) is 0. The van der Waals surface area contributed by atoms with Crippen LogP contribution in [0, 0.1) is 6.92 Å². The Labute approximate surface area is 279 Å². The highest BCUT2D eigenvalue weighted by molar-refractivity contribution is 8.77. The van der Waals surface area contributed by atoms with Crippen molar-refractivity contribution in [3.63, 3.8) is 0 Å². The Balaban J connectivity index is 1.15. The van der Waals surface area contributed by atoms with Crippen molar-refractivity contribution in [3.8, 4) is 11.5 Å². The lowest BCUT2D eigenvalue weighted by atomic mass is 9.73. The molecule has 4 aromatic rings. The summed E-state index contributed by atoms with van der Waals surface area (Å²) in [5.74, 6) is 2.49. The Hall–Kier alpha value is -3.75. The monoisotopic (exact) mass is 649 g/mol. The third-order valence-corrected chi connectivity index (χ3v) is 12.4. The number of anilines is 1. The fourth-order valence-corrected chi connectivity index (χ4v) is 9.95. The van der Waals surface area contributed by atoms with Crippen molar-refractivity contribution in [1.82, 2.24) is 0 Å². The zero-order valence-electron chi connectivity index (χ0n) is 26.6. The van der Waals surface area contributed by atoms with E-state index < -0.39 is 11.1 Å². The number of benzene rings is 4. The second-order valence-electron chi connectivity index (χ2n) is 12.9. The van der Waals surface area contributed by atoms with Crippen LogP contribution in [-0.2, 0) is 22.5 Å². The molecule has 1 saturated heterocycles. The van der Waals surface area contributed by atoms with E-state index in [-0.39, 0.29) is 5.97 Å². The van der Waals surface area contributed by atoms with Gasteiger partial charge in [0.15, 0.2) is 0 Å². The summed E-state index contributed by atoms with van der Waals surface area (Å²) in [6, 6.07) is 30.5. The first-order valence-electron chi connectivity index (χ1n) is 16.1. The predicted octanol–water partition coefficient (Wildman–Crippen LogP) is 10.6. The van der Waals surface area contributed by atoms with E-state index in [2.05, 4.69) is 72.3 Å². The molecule has 0 radical (unpaired) electrons. The van der Waals surface area contributed by atoms with E-state index in [1.165, 1.54) is 24.2 Å². The standard InChI is InChI=1S/C38H39N3O3S2/c1-26-13-15-29(16-14-26)39-40-30-17-20-35-27(23-30)25-41-34-19-18-31(43-36(42)12-8-7-11-32-21-22-45-46-32)24-33(34)37(2,3)38(41,44-35)28-9-5-4-6-10-28/h4-6,9-10,13-20,23-24,32H,7-8,11-12,21-22,25H2,1-3H3. The molecule has 4 aromatic carbocycles. The minimum atomic E-state index is -0.798. The minimum absolute atomic E-state index is 0.171. The largest absolute Gasteiger partial charge is 0.462 e. The number of unbranched alkanes of at least 4 members (excludes halogenated alkanes) is 1. The molecule has 0 amide bonds. The summed E-state index contributed by atoms with van der Waals surface area (Å²) < 4.78 is 13.0. The van der Waals surface area contributed by atoms with Gasteiger partial charge in [0.1, 0.15) is 11.5 Å². The molecule has 46 heavy (non-hydrogen) atoms. The van der Waals surface area contributed by atoms with E-state index in [1.807, 2.05) is 76.2 Å². The van der Waals surface area contributed by atoms with Crippen molar-refractivity contribution >= 4 is 44.6 Å². The number of carbonyl (C=O) groups excluding carboxylic acids is 1. The van der Waals surface area contributed by atoms with Gasteiger partial charge in [-0.05, 0) is 94.1 Å². The number of hydrogen-bond acceptors (Lipinski definition) is 8. The highest BCUT2D eigenvalue weighted by atomic mass is 33.1. The fourth-order valence-electron chi connectivity index (χ4n) is 6.92. The summed E-state index contributed by atoms with van der Waals surface area (Å²) in [7, 11) is 3.96. The molecular weight excluding hydrogens is 611 g/mol. The van der Waals surface area contributed by atoms with E-state index in [1.54, 1.807) is 0 Å². The summed E-state index contributed by atoms with van der Waals surface area (Å²) in [6.45, 7) is 7.13. The van der Waals surface area contributed by atoms with Crippen LogP contribution in [0.3, 0.4) is 0 Å². The molecule has 0 aliphatic carbocycles. The molecule has 6 nitrogen and oxygen atoms in total. The topological polar surface area (TPSA) is 63.5 Å². The molecular formula is C38H39N3O3S2. The molecule has 0 spiro atoms. The van der Waals surface area contributed by atoms with Gasteiger partial charge in [0.05, 0.1) is 23.3 Å². The smallest absolute Gasteiger partial charge is 0.311 e. The Morgan fingerprint density at radius 3 is 2.52 bits per heavy atom. The van der Waals surface area contributed by atoms with Gasteiger partial charge < -0.3 is 14.4 Å². The van der Waals surface area contributed by atoms with Gasteiger partial charge in [-0.15, -0.1) is 0 Å². The Morgan fingerprint density at radius 1 is 0.957 bits per heavy atom. The van der Waals surface area contributed by atoms with Crippen LogP contribution in [0.2, 0.25) is 0 Å². The van der Waals surface area contributed by atoms with Crippen molar-refractivity contribution in [3.05, 3.63) is 113 Å². The molecule has 8 heteroatoms. The average molecular weight is 650 g/mol. The Kier molecular flexibility index (Phi) is 8.59. The SMILES string of the molecule is Cc1ccc(N=Nc2ccc3c(c2)CN2c4ccc(OC(=O)CCCCC5CCSS5)cc4C(C)(C)C2(c2ccccc2)O3)cc1. The van der Waals surface area contributed by atoms with E-state index in [4.69, 9.17) is 9.47 Å². The second kappa shape index (κ2) is 12.8. The van der Waals surface area contributed by atoms with Gasteiger partial charge in [-0.25, -0.2) is 0 Å². The van der Waals surface area contributed by atoms with Gasteiger partial charge in [0.2, 0.25) is 5.72 Å². The van der Waals surface area contributed by atoms with Crippen LogP contribution in [0.25, 0.3) is 0 Å². The quantitative estimate of drug-likeness (QED) is 0.0591. The second-order valence-corrected chi connectivity index (χ2v) is 15.7. The lowest BCUT2D eigenvalue weighted by molar-refractivity contribution is -0.134. The fraction of sp³-hybridized carbons (Fsp3) is 0.342. The summed E-state index contributed by atoms with van der Waals surface area (Å²) in [5.41, 5.74) is 5.77. The molecule has 0 bridgehead atoms. The first-order valence-corrected chi connectivity index (χ1v) is 18.5. The van der Waals surface area contributed by atoms with Crippen molar-refractivity contribution in [2.24, 2.45) is 10.2 Å². The van der Waals surface area contributed by atoms with Crippen molar-refractivity contribution in [1.29, 1.82) is 0 Å². The van der Waals surface area contributed by atoms with E-state index >= 15 is 0 Å². The van der Waals surface area contributed by atoms with Crippen LogP contribution in [0.15, 0.2) is 101 Å². The van der Waals surface area contributed by atoms with Crippen molar-refractivity contribution in [2.75, 3.05) is 10.7 Å². The van der Waals surface area contributed by atoms with Gasteiger partial charge in [-0.1, -0.05) is 76.0 Å². The number of carbonyl (C=O) groups is 1. The Bertz CT molecular complexity index is 1750. The van der Waals surface area contributed by atoms with E-state index in [9.17, 15) is 4.79 Å². The summed E-state index contributed by atoms with van der Waals surface area (Å²) in [5, 5.41) is 9.72. The molecule has 3 aliphatic heterocycles. The number of azo groups is 1. The number of rotatable bonds is 9. The lowest BCUT2D eigenvalue weighted by Gasteiger charge is -2.50. The highest BCUT2D eigenvalue weighted by Gasteiger charge is 2.62. The minimum Gasteiger partial charge on any atom is -0.462 e. The maximum atomic E-state index is 12.9. The number of esters is 1. The lowest BCUT2D eigenvalue weighted by Crippen LogP contribution is -2.58. The van der Waals surface area contributed by atoms with Gasteiger partial charge in [0, 0.05) is 34.2 Å². The summed E-state index contributed by atoms with van der Waals surface area (Å²) >= 11 is 0. The molecule has 236 valence electrons. The van der Waals surface area contributed by atoms with Crippen LogP contribution in [-0.4, -0.2) is 17.0 Å². The maximum absolute atomic E-state index is 12.9. The van der Waals surface area contributed by atoms with E-state index in [0.29, 0.717) is 18.7 Å². The predicted molar refractivity (Wildman–Crippen MR) is 189 cm³/mol. The normalized spacial score (nSPS) is 21.0. The van der Waals surface area contributed by atoms with Gasteiger partial charge in [0.25, 0.3) is 0 Å². The molecule has 0 aromatic heterocycles. The summed E-state index contributed by atoms with van der Waals surface area (Å²) in [4.78, 5) is 15.2. The van der Waals surface area contributed by atoms with E-state index in [0.717, 1.165) is 57.6 Å². The van der Waals surface area contributed by atoms with Gasteiger partial charge in [-0.2, -0.15) is 10.2 Å². The van der Waals surface area contributed by atoms with Gasteiger partial charge >= 0.3 is 5.97 Å². The third-order valence-electron chi connectivity index (χ3n) is 9.39. The van der Waals surface area contributed by atoms with Crippen LogP contribution < -0.4 is 14.4 Å². The molecule has 2 unspecified atom stereocenters. The molecule has 0 saturated carbocycles. The molecule has 7 rings (SSSR count). The van der Waals surface area contributed by atoms with Crippen molar-refractivity contribution < 1.29 is 14.3 Å². The Morgan fingerprint density at radius 2 is 1.74 bits per heavy atom. The molecule has 2 atom stereocenters. The number of nitrogens with zero attached hydrogens (tertiary/aromatic N) is 3. The third kappa shape index (κ3) is 5.82. The molecule has 1 fully saturated rings. The van der Waals surface area contributed by atoms with Crippen LogP contribution >= 0.6 is 21.6 Å². The zero-order chi connectivity index (χ0) is 31.7. The number of aryl methyl sites for hydroxylation is 1. The first-order chi connectivity index (χ1) is 22.3. The molecule has 3 aliphatic rings. The maximum Gasteiger partial charge on any atom is 0.311 e. The average Bonchev–Trinajstić information content (AvgIpc) is 3.65. The number of ether oxygens (including phenoxy) is 2.